The Labute approximate surface area is 89.2 Å². The summed E-state index contributed by atoms with van der Waals surface area (Å²) in [5, 5.41) is 9.30. The van der Waals surface area contributed by atoms with E-state index in [9.17, 15) is 5.11 Å². The first kappa shape index (κ1) is 9.71. The van der Waals surface area contributed by atoms with Crippen molar-refractivity contribution in [1.82, 2.24) is 4.98 Å². The van der Waals surface area contributed by atoms with Crippen molar-refractivity contribution >= 4 is 0 Å². The molecule has 0 aliphatic rings. The van der Waals surface area contributed by atoms with Crippen LogP contribution >= 0.6 is 0 Å². The summed E-state index contributed by atoms with van der Waals surface area (Å²) in [6.45, 7) is 1.86. The zero-order valence-electron chi connectivity index (χ0n) is 8.64. The predicted molar refractivity (Wildman–Crippen MR) is 59.9 cm³/mol. The van der Waals surface area contributed by atoms with Gasteiger partial charge in [-0.15, -0.1) is 0 Å². The molecule has 1 heterocycles. The summed E-state index contributed by atoms with van der Waals surface area (Å²) in [5.74, 6) is 0.117. The van der Waals surface area contributed by atoms with E-state index in [4.69, 9.17) is 0 Å². The number of nitrogens with zero attached hydrogens (tertiary/aromatic N) is 1. The maximum atomic E-state index is 9.30. The van der Waals surface area contributed by atoms with Gasteiger partial charge in [0, 0.05) is 11.8 Å². The molecule has 0 aliphatic heterocycles. The average molecular weight is 199 g/mol. The van der Waals surface area contributed by atoms with Gasteiger partial charge in [0.1, 0.15) is 0 Å². The normalized spacial score (nSPS) is 10.2. The van der Waals surface area contributed by atoms with Crippen molar-refractivity contribution in [3.63, 3.8) is 0 Å². The monoisotopic (exact) mass is 199 g/mol. The van der Waals surface area contributed by atoms with Crippen LogP contribution in [0.1, 0.15) is 16.7 Å². The molecule has 0 saturated carbocycles. The van der Waals surface area contributed by atoms with Crippen LogP contribution in [0.2, 0.25) is 0 Å². The van der Waals surface area contributed by atoms with E-state index < -0.39 is 0 Å². The molecule has 0 spiro atoms. The number of aromatic nitrogens is 1. The Bertz CT molecular complexity index is 451. The maximum absolute atomic E-state index is 9.30. The first-order valence-electron chi connectivity index (χ1n) is 4.94. The van der Waals surface area contributed by atoms with Crippen molar-refractivity contribution in [2.24, 2.45) is 0 Å². The van der Waals surface area contributed by atoms with E-state index in [1.807, 2.05) is 31.2 Å². The van der Waals surface area contributed by atoms with E-state index in [1.54, 1.807) is 6.20 Å². The predicted octanol–water partition coefficient (Wildman–Crippen LogP) is 2.69. The molecule has 15 heavy (non-hydrogen) atoms. The molecule has 0 atom stereocenters. The average Bonchev–Trinajstić information content (AvgIpc) is 2.25. The van der Waals surface area contributed by atoms with Gasteiger partial charge in [-0.25, -0.2) is 4.98 Å². The number of aryl methyl sites for hydroxylation is 1. The summed E-state index contributed by atoms with van der Waals surface area (Å²) in [7, 11) is 0. The topological polar surface area (TPSA) is 33.1 Å². The van der Waals surface area contributed by atoms with Gasteiger partial charge in [0.15, 0.2) is 0 Å². The van der Waals surface area contributed by atoms with Crippen LogP contribution in [0, 0.1) is 6.92 Å². The molecule has 0 radical (unpaired) electrons. The second kappa shape index (κ2) is 4.13. The quantitative estimate of drug-likeness (QED) is 0.806. The summed E-state index contributed by atoms with van der Waals surface area (Å²) < 4.78 is 0. The SMILES string of the molecule is Cc1cc(Cc2ccccc2)cnc1O. The summed E-state index contributed by atoms with van der Waals surface area (Å²) in [4.78, 5) is 3.93. The lowest BCUT2D eigenvalue weighted by Gasteiger charge is -2.03. The third kappa shape index (κ3) is 2.34. The third-order valence-electron chi connectivity index (χ3n) is 2.36. The third-order valence-corrected chi connectivity index (χ3v) is 2.36. The van der Waals surface area contributed by atoms with Crippen LogP contribution in [0.4, 0.5) is 0 Å². The molecule has 0 fully saturated rings. The second-order valence-corrected chi connectivity index (χ2v) is 3.65. The van der Waals surface area contributed by atoms with E-state index in [-0.39, 0.29) is 5.88 Å². The minimum absolute atomic E-state index is 0.117. The zero-order chi connectivity index (χ0) is 10.7. The minimum Gasteiger partial charge on any atom is -0.493 e. The molecule has 0 aliphatic carbocycles. The number of hydrogen-bond acceptors (Lipinski definition) is 2. The highest BCUT2D eigenvalue weighted by Crippen LogP contribution is 2.15. The second-order valence-electron chi connectivity index (χ2n) is 3.65. The highest BCUT2D eigenvalue weighted by molar-refractivity contribution is 5.31. The Kier molecular flexibility index (Phi) is 2.68. The molecule has 0 amide bonds. The standard InChI is InChI=1S/C13H13NO/c1-10-7-12(9-14-13(10)15)8-11-5-3-2-4-6-11/h2-7,9H,8H2,1H3,(H,14,15). The molecule has 0 bridgehead atoms. The fourth-order valence-corrected chi connectivity index (χ4v) is 1.55. The molecule has 0 unspecified atom stereocenters. The van der Waals surface area contributed by atoms with Crippen molar-refractivity contribution in [3.05, 3.63) is 59.3 Å². The first-order chi connectivity index (χ1) is 7.25. The van der Waals surface area contributed by atoms with Crippen LogP contribution in [-0.4, -0.2) is 10.1 Å². The van der Waals surface area contributed by atoms with Gasteiger partial charge in [-0.1, -0.05) is 30.3 Å². The number of hydrogen-bond donors (Lipinski definition) is 1. The molecule has 2 rings (SSSR count). The Morgan fingerprint density at radius 1 is 1.13 bits per heavy atom. The molecule has 2 aromatic rings. The van der Waals surface area contributed by atoms with Crippen molar-refractivity contribution in [1.29, 1.82) is 0 Å². The molecule has 2 nitrogen and oxygen atoms in total. The smallest absolute Gasteiger partial charge is 0.213 e. The Balaban J connectivity index is 2.22. The molecular formula is C13H13NO. The van der Waals surface area contributed by atoms with Crippen molar-refractivity contribution < 1.29 is 5.11 Å². The lowest BCUT2D eigenvalue weighted by Crippen LogP contribution is -1.90. The summed E-state index contributed by atoms with van der Waals surface area (Å²) in [6, 6.07) is 12.2. The largest absolute Gasteiger partial charge is 0.493 e. The van der Waals surface area contributed by atoms with Crippen LogP contribution in [0.25, 0.3) is 0 Å². The maximum Gasteiger partial charge on any atom is 0.213 e. The van der Waals surface area contributed by atoms with E-state index in [0.717, 1.165) is 17.5 Å². The van der Waals surface area contributed by atoms with Crippen LogP contribution in [-0.2, 0) is 6.42 Å². The lowest BCUT2D eigenvalue weighted by atomic mass is 10.1. The molecule has 1 N–H and O–H groups in total. The Morgan fingerprint density at radius 3 is 2.53 bits per heavy atom. The van der Waals surface area contributed by atoms with Gasteiger partial charge in [-0.05, 0) is 30.5 Å². The Hall–Kier alpha value is -1.83. The van der Waals surface area contributed by atoms with Gasteiger partial charge in [0.2, 0.25) is 5.88 Å². The van der Waals surface area contributed by atoms with E-state index in [1.165, 1.54) is 5.56 Å². The summed E-state index contributed by atoms with van der Waals surface area (Å²) in [6.07, 6.45) is 2.57. The van der Waals surface area contributed by atoms with Crippen molar-refractivity contribution in [3.8, 4) is 5.88 Å². The van der Waals surface area contributed by atoms with Crippen LogP contribution < -0.4 is 0 Å². The first-order valence-corrected chi connectivity index (χ1v) is 4.94. The van der Waals surface area contributed by atoms with Crippen LogP contribution in [0.5, 0.6) is 5.88 Å². The highest BCUT2D eigenvalue weighted by Gasteiger charge is 2.00. The fourth-order valence-electron chi connectivity index (χ4n) is 1.55. The lowest BCUT2D eigenvalue weighted by molar-refractivity contribution is 0.448. The van der Waals surface area contributed by atoms with Gasteiger partial charge < -0.3 is 5.11 Å². The number of pyridine rings is 1. The van der Waals surface area contributed by atoms with Crippen LogP contribution in [0.3, 0.4) is 0 Å². The molecule has 0 saturated heterocycles. The Morgan fingerprint density at radius 2 is 1.87 bits per heavy atom. The number of benzene rings is 1. The fraction of sp³-hybridized carbons (Fsp3) is 0.154. The summed E-state index contributed by atoms with van der Waals surface area (Å²) >= 11 is 0. The molecule has 76 valence electrons. The minimum atomic E-state index is 0.117. The highest BCUT2D eigenvalue weighted by atomic mass is 16.3. The summed E-state index contributed by atoms with van der Waals surface area (Å²) in [5.41, 5.74) is 3.20. The van der Waals surface area contributed by atoms with E-state index >= 15 is 0 Å². The van der Waals surface area contributed by atoms with Gasteiger partial charge in [0.05, 0.1) is 0 Å². The molecular weight excluding hydrogens is 186 g/mol. The van der Waals surface area contributed by atoms with Gasteiger partial charge >= 0.3 is 0 Å². The van der Waals surface area contributed by atoms with Crippen LogP contribution in [0.15, 0.2) is 42.6 Å². The van der Waals surface area contributed by atoms with Crippen molar-refractivity contribution in [2.75, 3.05) is 0 Å². The molecule has 1 aromatic heterocycles. The van der Waals surface area contributed by atoms with E-state index in [2.05, 4.69) is 17.1 Å². The van der Waals surface area contributed by atoms with Gasteiger partial charge in [-0.3, -0.25) is 0 Å². The van der Waals surface area contributed by atoms with E-state index in [0.29, 0.717) is 0 Å². The molecule has 1 aromatic carbocycles. The van der Waals surface area contributed by atoms with Gasteiger partial charge in [0.25, 0.3) is 0 Å². The number of rotatable bonds is 2. The van der Waals surface area contributed by atoms with Crippen molar-refractivity contribution in [2.45, 2.75) is 13.3 Å². The number of aromatic hydroxyl groups is 1. The molecule has 2 heteroatoms. The zero-order valence-corrected chi connectivity index (χ0v) is 8.64. The van der Waals surface area contributed by atoms with Gasteiger partial charge in [-0.2, -0.15) is 0 Å².